The predicted octanol–water partition coefficient (Wildman–Crippen LogP) is 2.63. The molecule has 182 valence electrons. The normalized spacial score (nSPS) is 44.4. The molecule has 34 heavy (non-hydrogen) atoms. The van der Waals surface area contributed by atoms with Crippen LogP contribution in [0.2, 0.25) is 0 Å². The lowest BCUT2D eigenvalue weighted by molar-refractivity contribution is -0.158. The molecule has 2 fully saturated rings. The molecule has 0 bridgehead atoms. The average Bonchev–Trinajstić information content (AvgIpc) is 3.09. The maximum atomic E-state index is 13.8. The number of aliphatic hydroxyl groups is 2. The van der Waals surface area contributed by atoms with Crippen molar-refractivity contribution in [2.45, 2.75) is 58.3 Å². The van der Waals surface area contributed by atoms with Crippen LogP contribution < -0.4 is 5.32 Å². The number of carbonyl (C=O) groups excluding carboxylic acids is 3. The van der Waals surface area contributed by atoms with E-state index < -0.39 is 29.0 Å². The van der Waals surface area contributed by atoms with E-state index in [1.54, 1.807) is 19.1 Å². The Morgan fingerprint density at radius 2 is 1.74 bits per heavy atom. The second kappa shape index (κ2) is 8.90. The molecule has 2 aliphatic carbocycles. The van der Waals surface area contributed by atoms with Gasteiger partial charge in [-0.3, -0.25) is 14.4 Å². The fourth-order valence-electron chi connectivity index (χ4n) is 6.47. The Labute approximate surface area is 201 Å². The number of nitrogens with one attached hydrogen (secondary N) is 1. The van der Waals surface area contributed by atoms with Gasteiger partial charge in [-0.05, 0) is 37.3 Å². The van der Waals surface area contributed by atoms with E-state index in [0.29, 0.717) is 12.8 Å². The van der Waals surface area contributed by atoms with Gasteiger partial charge in [0.2, 0.25) is 5.91 Å². The molecule has 9 atom stereocenters. The maximum Gasteiger partial charge on any atom is 0.230 e. The van der Waals surface area contributed by atoms with Crippen LogP contribution in [0.1, 0.15) is 39.7 Å². The van der Waals surface area contributed by atoms with Gasteiger partial charge in [-0.1, -0.05) is 69.3 Å². The SMILES string of the molecule is C[C@H]1[C@H]2[C@H](Cc3ccccc3)NC(=O)[C@]23[C@H](O)/C=C/[C@@](C)(O)C(=O)[C@@H](C)C/C=C/[C@H]3C(=O)[C@@H]1C. The molecule has 3 aliphatic rings. The highest BCUT2D eigenvalue weighted by molar-refractivity contribution is 5.98. The van der Waals surface area contributed by atoms with E-state index in [1.165, 1.54) is 19.1 Å². The van der Waals surface area contributed by atoms with Crippen LogP contribution in [-0.2, 0) is 20.8 Å². The zero-order chi connectivity index (χ0) is 24.8. The van der Waals surface area contributed by atoms with Gasteiger partial charge in [-0.15, -0.1) is 0 Å². The molecule has 6 nitrogen and oxygen atoms in total. The summed E-state index contributed by atoms with van der Waals surface area (Å²) in [6, 6.07) is 9.61. The molecular formula is C28H35NO5. The van der Waals surface area contributed by atoms with Gasteiger partial charge in [-0.25, -0.2) is 0 Å². The van der Waals surface area contributed by atoms with E-state index in [1.807, 2.05) is 44.2 Å². The van der Waals surface area contributed by atoms with Gasteiger partial charge >= 0.3 is 0 Å². The second-order valence-electron chi connectivity index (χ2n) is 10.6. The van der Waals surface area contributed by atoms with Crippen LogP contribution in [0.25, 0.3) is 0 Å². The highest BCUT2D eigenvalue weighted by Crippen LogP contribution is 2.57. The summed E-state index contributed by atoms with van der Waals surface area (Å²) in [5.41, 5.74) is -2.13. The van der Waals surface area contributed by atoms with Crippen LogP contribution in [0, 0.1) is 35.0 Å². The molecule has 1 saturated heterocycles. The molecule has 1 spiro atoms. The molecule has 0 aromatic heterocycles. The first-order chi connectivity index (χ1) is 16.0. The Morgan fingerprint density at radius 1 is 1.06 bits per heavy atom. The summed E-state index contributed by atoms with van der Waals surface area (Å²) in [6.07, 6.45) is 5.70. The van der Waals surface area contributed by atoms with Crippen molar-refractivity contribution in [3.63, 3.8) is 0 Å². The van der Waals surface area contributed by atoms with Crippen LogP contribution in [0.3, 0.4) is 0 Å². The largest absolute Gasteiger partial charge is 0.388 e. The summed E-state index contributed by atoms with van der Waals surface area (Å²) in [4.78, 5) is 40.2. The minimum absolute atomic E-state index is 0.0760. The number of carbonyl (C=O) groups is 3. The third-order valence-corrected chi connectivity index (χ3v) is 8.48. The van der Waals surface area contributed by atoms with E-state index in [0.717, 1.165) is 5.56 Å². The van der Waals surface area contributed by atoms with E-state index >= 15 is 0 Å². The summed E-state index contributed by atoms with van der Waals surface area (Å²) in [5.74, 6) is -2.86. The van der Waals surface area contributed by atoms with Gasteiger partial charge in [0.15, 0.2) is 5.78 Å². The standard InChI is InChI=1S/C28H35NO5/c1-16-9-8-12-20-24(31)18(3)17(2)23-21(15-19-10-6-5-7-11-19)29-26(33)28(20,23)22(30)13-14-27(4,34)25(16)32/h5-8,10-14,16-18,20-23,30,34H,9,15H2,1-4H3,(H,29,33)/b12-8+,14-13+/t16-,17+,18+,20-,21-,22+,23-,27+,28+/m0/s1. The van der Waals surface area contributed by atoms with Crippen molar-refractivity contribution in [2.24, 2.45) is 35.0 Å². The number of rotatable bonds is 2. The first kappa shape index (κ1) is 24.6. The molecule has 6 heteroatoms. The Morgan fingerprint density at radius 3 is 2.41 bits per heavy atom. The number of Topliss-reactive ketones (excluding diaryl/α,β-unsaturated/α-hetero) is 2. The molecule has 1 aromatic carbocycles. The molecule has 3 N–H and O–H groups in total. The number of ketones is 2. The van der Waals surface area contributed by atoms with Crippen LogP contribution >= 0.6 is 0 Å². The first-order valence-electron chi connectivity index (χ1n) is 12.2. The zero-order valence-electron chi connectivity index (χ0n) is 20.3. The number of hydrogen-bond acceptors (Lipinski definition) is 5. The molecule has 0 radical (unpaired) electrons. The molecule has 1 amide bonds. The van der Waals surface area contributed by atoms with Crippen molar-refractivity contribution in [1.29, 1.82) is 0 Å². The quantitative estimate of drug-likeness (QED) is 0.583. The van der Waals surface area contributed by atoms with Crippen molar-refractivity contribution < 1.29 is 24.6 Å². The van der Waals surface area contributed by atoms with Gasteiger partial charge in [0, 0.05) is 23.8 Å². The number of allylic oxidation sites excluding steroid dienone is 2. The van der Waals surface area contributed by atoms with Crippen molar-refractivity contribution in [3.8, 4) is 0 Å². The summed E-state index contributed by atoms with van der Waals surface area (Å²) in [5, 5.41) is 25.5. The maximum absolute atomic E-state index is 13.8. The summed E-state index contributed by atoms with van der Waals surface area (Å²) in [6.45, 7) is 7.01. The molecular weight excluding hydrogens is 430 g/mol. The molecule has 1 aromatic rings. The van der Waals surface area contributed by atoms with Gasteiger partial charge in [0.25, 0.3) is 0 Å². The van der Waals surface area contributed by atoms with Crippen LogP contribution in [0.15, 0.2) is 54.6 Å². The van der Waals surface area contributed by atoms with E-state index in [9.17, 15) is 24.6 Å². The second-order valence-corrected chi connectivity index (χ2v) is 10.6. The lowest BCUT2D eigenvalue weighted by atomic mass is 9.50. The monoisotopic (exact) mass is 465 g/mol. The Balaban J connectivity index is 1.87. The third kappa shape index (κ3) is 3.77. The van der Waals surface area contributed by atoms with Gasteiger partial charge < -0.3 is 15.5 Å². The summed E-state index contributed by atoms with van der Waals surface area (Å²) < 4.78 is 0. The van der Waals surface area contributed by atoms with Gasteiger partial charge in [-0.2, -0.15) is 0 Å². The fraction of sp³-hybridized carbons (Fsp3) is 0.536. The highest BCUT2D eigenvalue weighted by atomic mass is 16.3. The number of hydrogen-bond donors (Lipinski definition) is 3. The average molecular weight is 466 g/mol. The smallest absolute Gasteiger partial charge is 0.230 e. The van der Waals surface area contributed by atoms with E-state index in [2.05, 4.69) is 5.32 Å². The van der Waals surface area contributed by atoms with Gasteiger partial charge in [0.05, 0.1) is 17.4 Å². The van der Waals surface area contributed by atoms with E-state index in [-0.39, 0.29) is 41.3 Å². The van der Waals surface area contributed by atoms with Crippen LogP contribution in [0.5, 0.6) is 0 Å². The Kier molecular flexibility index (Phi) is 6.42. The van der Waals surface area contributed by atoms with Crippen LogP contribution in [0.4, 0.5) is 0 Å². The van der Waals surface area contributed by atoms with Crippen molar-refractivity contribution in [3.05, 3.63) is 60.2 Å². The lowest BCUT2D eigenvalue weighted by Crippen LogP contribution is -2.60. The minimum Gasteiger partial charge on any atom is -0.388 e. The van der Waals surface area contributed by atoms with E-state index in [4.69, 9.17) is 0 Å². The van der Waals surface area contributed by atoms with Gasteiger partial charge in [0.1, 0.15) is 11.4 Å². The van der Waals surface area contributed by atoms with Crippen molar-refractivity contribution in [2.75, 3.05) is 0 Å². The Bertz CT molecular complexity index is 1030. The zero-order valence-corrected chi connectivity index (χ0v) is 20.3. The summed E-state index contributed by atoms with van der Waals surface area (Å²) >= 11 is 0. The van der Waals surface area contributed by atoms with Crippen LogP contribution in [-0.4, -0.2) is 45.4 Å². The molecule has 1 heterocycles. The molecule has 1 saturated carbocycles. The minimum atomic E-state index is -1.78. The fourth-order valence-corrected chi connectivity index (χ4v) is 6.47. The Hall–Kier alpha value is -2.57. The number of aliphatic hydroxyl groups excluding tert-OH is 1. The predicted molar refractivity (Wildman–Crippen MR) is 129 cm³/mol. The summed E-state index contributed by atoms with van der Waals surface area (Å²) in [7, 11) is 0. The lowest BCUT2D eigenvalue weighted by Gasteiger charge is -2.50. The highest BCUT2D eigenvalue weighted by Gasteiger charge is 2.68. The first-order valence-corrected chi connectivity index (χ1v) is 12.2. The number of amides is 1. The topological polar surface area (TPSA) is 104 Å². The molecule has 0 unspecified atom stereocenters. The third-order valence-electron chi connectivity index (χ3n) is 8.48. The van der Waals surface area contributed by atoms with Crippen molar-refractivity contribution in [1.82, 2.24) is 5.32 Å². The van der Waals surface area contributed by atoms with Crippen molar-refractivity contribution >= 4 is 17.5 Å². The number of benzene rings is 1. The molecule has 4 rings (SSSR count). The molecule has 1 aliphatic heterocycles.